The molecule has 1 aliphatic rings. The molecule has 3 heterocycles. The molecule has 0 radical (unpaired) electrons. The number of nitrogens with zero attached hydrogens (tertiary/aromatic N) is 2. The zero-order valence-corrected chi connectivity index (χ0v) is 19.9. The van der Waals surface area contributed by atoms with Crippen molar-refractivity contribution in [3.05, 3.63) is 82.4 Å². The molecule has 0 spiro atoms. The highest BCUT2D eigenvalue weighted by Crippen LogP contribution is 2.45. The van der Waals surface area contributed by atoms with Gasteiger partial charge in [-0.25, -0.2) is 4.98 Å². The maximum Gasteiger partial charge on any atom is 0.272 e. The summed E-state index contributed by atoms with van der Waals surface area (Å²) in [5.74, 6) is -0.215. The number of methoxy groups -OCH3 is 1. The number of amides is 2. The summed E-state index contributed by atoms with van der Waals surface area (Å²) in [6.45, 7) is 3.85. The molecule has 0 saturated carbocycles. The van der Waals surface area contributed by atoms with Crippen LogP contribution in [-0.4, -0.2) is 23.9 Å². The molecule has 5 rings (SSSR count). The Morgan fingerprint density at radius 1 is 1.18 bits per heavy atom. The van der Waals surface area contributed by atoms with Crippen molar-refractivity contribution in [2.45, 2.75) is 26.6 Å². The number of nitrogens with one attached hydrogen (secondary N) is 2. The van der Waals surface area contributed by atoms with Crippen LogP contribution in [0.3, 0.4) is 0 Å². The van der Waals surface area contributed by atoms with Crippen molar-refractivity contribution >= 4 is 50.4 Å². The second-order valence-electron chi connectivity index (χ2n) is 8.20. The number of pyridine rings is 1. The predicted octanol–water partition coefficient (Wildman–Crippen LogP) is 5.48. The number of aromatic nitrogens is 1. The number of para-hydroxylation sites is 1. The molecule has 0 saturated heterocycles. The van der Waals surface area contributed by atoms with Crippen LogP contribution in [0, 0.1) is 6.92 Å². The number of aryl methyl sites for hydroxylation is 1. The van der Waals surface area contributed by atoms with E-state index >= 15 is 0 Å². The van der Waals surface area contributed by atoms with Crippen molar-refractivity contribution in [2.75, 3.05) is 22.6 Å². The van der Waals surface area contributed by atoms with Gasteiger partial charge in [-0.1, -0.05) is 30.3 Å². The van der Waals surface area contributed by atoms with E-state index in [0.717, 1.165) is 38.4 Å². The van der Waals surface area contributed by atoms with Gasteiger partial charge in [-0.3, -0.25) is 14.5 Å². The van der Waals surface area contributed by atoms with Crippen LogP contribution in [0.2, 0.25) is 0 Å². The first kappa shape index (κ1) is 22.1. The monoisotopic (exact) mass is 472 g/mol. The third kappa shape index (κ3) is 3.91. The Balaban J connectivity index is 1.67. The molecule has 1 atom stereocenters. The van der Waals surface area contributed by atoms with Gasteiger partial charge in [0.15, 0.2) is 0 Å². The zero-order chi connectivity index (χ0) is 23.8. The van der Waals surface area contributed by atoms with E-state index in [1.54, 1.807) is 12.0 Å². The van der Waals surface area contributed by atoms with Crippen molar-refractivity contribution in [3.63, 3.8) is 0 Å². The van der Waals surface area contributed by atoms with Crippen molar-refractivity contribution in [1.29, 1.82) is 0 Å². The van der Waals surface area contributed by atoms with Gasteiger partial charge >= 0.3 is 0 Å². The van der Waals surface area contributed by atoms with Crippen LogP contribution in [-0.2, 0) is 16.1 Å². The van der Waals surface area contributed by atoms with E-state index in [9.17, 15) is 9.59 Å². The Morgan fingerprint density at radius 2 is 1.91 bits per heavy atom. The highest BCUT2D eigenvalue weighted by molar-refractivity contribution is 7.21. The van der Waals surface area contributed by atoms with E-state index in [4.69, 9.17) is 9.72 Å². The number of rotatable bonds is 5. The van der Waals surface area contributed by atoms with Crippen molar-refractivity contribution in [2.24, 2.45) is 0 Å². The number of ether oxygens (including phenoxy) is 1. The van der Waals surface area contributed by atoms with Gasteiger partial charge in [-0.2, -0.15) is 0 Å². The highest BCUT2D eigenvalue weighted by Gasteiger charge is 2.37. The average molecular weight is 473 g/mol. The summed E-state index contributed by atoms with van der Waals surface area (Å²) >= 11 is 1.40. The van der Waals surface area contributed by atoms with Crippen LogP contribution in [0.4, 0.5) is 17.1 Å². The summed E-state index contributed by atoms with van der Waals surface area (Å²) in [7, 11) is 1.66. The predicted molar refractivity (Wildman–Crippen MR) is 135 cm³/mol. The van der Waals surface area contributed by atoms with Crippen molar-refractivity contribution in [1.82, 2.24) is 4.98 Å². The van der Waals surface area contributed by atoms with Crippen LogP contribution in [0.5, 0.6) is 0 Å². The lowest BCUT2D eigenvalue weighted by atomic mass is 10.0. The van der Waals surface area contributed by atoms with Crippen molar-refractivity contribution < 1.29 is 14.3 Å². The normalized spacial score (nSPS) is 15.2. The Bertz CT molecular complexity index is 1380. The molecule has 2 aromatic heterocycles. The fourth-order valence-corrected chi connectivity index (χ4v) is 5.50. The van der Waals surface area contributed by atoms with Gasteiger partial charge in [0.2, 0.25) is 5.91 Å². The molecular weight excluding hydrogens is 448 g/mol. The molecule has 1 aliphatic heterocycles. The quantitative estimate of drug-likeness (QED) is 0.402. The first-order valence-electron chi connectivity index (χ1n) is 10.9. The maximum atomic E-state index is 13.9. The minimum absolute atomic E-state index is 0.0834. The lowest BCUT2D eigenvalue weighted by Crippen LogP contribution is -2.42. The molecule has 0 unspecified atom stereocenters. The molecule has 2 N–H and O–H groups in total. The SMILES string of the molecule is COCc1cc(C)nc2sc3c(c12)N[C@H](c1ccc(NC(C)=O)cc1)N(c1ccccc1)C3=O. The summed E-state index contributed by atoms with van der Waals surface area (Å²) in [6.07, 6.45) is -0.441. The lowest BCUT2D eigenvalue weighted by molar-refractivity contribution is -0.114. The van der Waals surface area contributed by atoms with Gasteiger partial charge in [0.1, 0.15) is 15.9 Å². The highest BCUT2D eigenvalue weighted by atomic mass is 32.1. The summed E-state index contributed by atoms with van der Waals surface area (Å²) in [5.41, 5.74) is 5.05. The molecule has 7 nitrogen and oxygen atoms in total. The molecule has 2 amide bonds. The number of fused-ring (bicyclic) bond motifs is 3. The van der Waals surface area contributed by atoms with Crippen LogP contribution in [0.15, 0.2) is 60.7 Å². The Kier molecular flexibility index (Phi) is 5.77. The smallest absolute Gasteiger partial charge is 0.272 e. The molecule has 0 fully saturated rings. The first-order chi connectivity index (χ1) is 16.5. The fraction of sp³-hybridized carbons (Fsp3) is 0.192. The molecule has 172 valence electrons. The third-order valence-electron chi connectivity index (χ3n) is 5.71. The van der Waals surface area contributed by atoms with Gasteiger partial charge < -0.3 is 15.4 Å². The minimum Gasteiger partial charge on any atom is -0.380 e. The van der Waals surface area contributed by atoms with Gasteiger partial charge in [0.25, 0.3) is 5.91 Å². The second-order valence-corrected chi connectivity index (χ2v) is 9.20. The van der Waals surface area contributed by atoms with Gasteiger partial charge in [0, 0.05) is 36.5 Å². The topological polar surface area (TPSA) is 83.6 Å². The summed E-state index contributed by atoms with van der Waals surface area (Å²) in [4.78, 5) is 33.3. The Labute approximate surface area is 201 Å². The molecular formula is C26H24N4O3S. The molecule has 8 heteroatoms. The summed E-state index contributed by atoms with van der Waals surface area (Å²) in [5, 5.41) is 7.34. The van der Waals surface area contributed by atoms with Crippen LogP contribution >= 0.6 is 11.3 Å². The number of thiophene rings is 1. The van der Waals surface area contributed by atoms with Gasteiger partial charge in [0.05, 0.1) is 12.3 Å². The van der Waals surface area contributed by atoms with E-state index in [-0.39, 0.29) is 11.8 Å². The first-order valence-corrected chi connectivity index (χ1v) is 11.7. The fourth-order valence-electron chi connectivity index (χ4n) is 4.34. The largest absolute Gasteiger partial charge is 0.380 e. The van der Waals surface area contributed by atoms with E-state index in [0.29, 0.717) is 17.2 Å². The number of benzene rings is 2. The maximum absolute atomic E-state index is 13.9. The van der Waals surface area contributed by atoms with Crippen LogP contribution < -0.4 is 15.5 Å². The van der Waals surface area contributed by atoms with E-state index in [1.165, 1.54) is 18.3 Å². The number of anilines is 3. The van der Waals surface area contributed by atoms with E-state index in [2.05, 4.69) is 10.6 Å². The number of hydrogen-bond acceptors (Lipinski definition) is 6. The Hall–Kier alpha value is -3.75. The van der Waals surface area contributed by atoms with Crippen molar-refractivity contribution in [3.8, 4) is 0 Å². The lowest BCUT2D eigenvalue weighted by Gasteiger charge is -2.37. The molecule has 4 aromatic rings. The molecule has 0 aliphatic carbocycles. The summed E-state index contributed by atoms with van der Waals surface area (Å²) < 4.78 is 5.44. The molecule has 34 heavy (non-hydrogen) atoms. The average Bonchev–Trinajstić information content (AvgIpc) is 3.18. The van der Waals surface area contributed by atoms with E-state index < -0.39 is 6.17 Å². The summed E-state index contributed by atoms with van der Waals surface area (Å²) in [6, 6.07) is 19.1. The van der Waals surface area contributed by atoms with Gasteiger partial charge in [-0.05, 0) is 48.4 Å². The van der Waals surface area contributed by atoms with Gasteiger partial charge in [-0.15, -0.1) is 11.3 Å². The Morgan fingerprint density at radius 3 is 2.59 bits per heavy atom. The number of hydrogen-bond donors (Lipinski definition) is 2. The van der Waals surface area contributed by atoms with Crippen LogP contribution in [0.25, 0.3) is 10.2 Å². The number of carbonyl (C=O) groups excluding carboxylic acids is 2. The van der Waals surface area contributed by atoms with Crippen LogP contribution in [0.1, 0.15) is 39.6 Å². The number of carbonyl (C=O) groups is 2. The standard InChI is InChI=1S/C26H24N4O3S/c1-15-13-18(14-33-3)21-22-23(34-25(21)27-15)26(32)30(20-7-5-4-6-8-20)24(29-22)17-9-11-19(12-10-17)28-16(2)31/h4-13,24,29H,14H2,1-3H3,(H,28,31)/t24-/m0/s1. The molecule has 2 aromatic carbocycles. The zero-order valence-electron chi connectivity index (χ0n) is 19.1. The third-order valence-corrected chi connectivity index (χ3v) is 6.78. The molecule has 0 bridgehead atoms. The van der Waals surface area contributed by atoms with E-state index in [1.807, 2.05) is 67.6 Å². The minimum atomic E-state index is -0.441. The second kappa shape index (κ2) is 8.89.